The number of amides is 1. The van der Waals surface area contributed by atoms with Gasteiger partial charge < -0.3 is 19.7 Å². The Morgan fingerprint density at radius 1 is 1.32 bits per heavy atom. The van der Waals surface area contributed by atoms with E-state index < -0.39 is 6.10 Å². The summed E-state index contributed by atoms with van der Waals surface area (Å²) in [6.07, 6.45) is 7.41. The summed E-state index contributed by atoms with van der Waals surface area (Å²) in [6.45, 7) is 3.70. The number of halogens is 1. The summed E-state index contributed by atoms with van der Waals surface area (Å²) in [5.41, 5.74) is 3.47. The van der Waals surface area contributed by atoms with E-state index in [1.54, 1.807) is 19.5 Å². The Bertz CT molecular complexity index is 1140. The fourth-order valence-electron chi connectivity index (χ4n) is 4.43. The molecule has 34 heavy (non-hydrogen) atoms. The molecule has 0 bridgehead atoms. The minimum Gasteiger partial charge on any atom is -0.385 e. The fourth-order valence-corrected chi connectivity index (χ4v) is 4.76. The average Bonchev–Trinajstić information content (AvgIpc) is 3.65. The first-order valence-corrected chi connectivity index (χ1v) is 12.1. The summed E-state index contributed by atoms with van der Waals surface area (Å²) in [5, 5.41) is 9.57. The van der Waals surface area contributed by atoms with Crippen molar-refractivity contribution in [2.75, 3.05) is 33.4 Å². The van der Waals surface area contributed by atoms with Gasteiger partial charge in [0.05, 0.1) is 17.1 Å². The molecular formula is C24H29ClN6O3. The Balaban J connectivity index is 1.49. The number of nitrogens with one attached hydrogen (secondary N) is 1. The molecule has 0 unspecified atom stereocenters. The van der Waals surface area contributed by atoms with Crippen LogP contribution in [0.1, 0.15) is 24.8 Å². The number of fused-ring (bicyclic) bond motifs is 1. The lowest BCUT2D eigenvalue weighted by Gasteiger charge is -2.30. The lowest BCUT2D eigenvalue weighted by atomic mass is 10.1. The molecule has 3 aromatic rings. The quantitative estimate of drug-likeness (QED) is 0.466. The largest absolute Gasteiger partial charge is 0.385 e. The van der Waals surface area contributed by atoms with Crippen LogP contribution in [0, 0.1) is 0 Å². The van der Waals surface area contributed by atoms with E-state index in [9.17, 15) is 4.79 Å². The molecule has 0 radical (unpaired) electrons. The Labute approximate surface area is 203 Å². The van der Waals surface area contributed by atoms with Gasteiger partial charge in [0, 0.05) is 69.3 Å². The highest BCUT2D eigenvalue weighted by molar-refractivity contribution is 6.36. The third kappa shape index (κ3) is 4.93. The fraction of sp³-hybridized carbons (Fsp3) is 0.500. The minimum absolute atomic E-state index is 0.0432. The molecule has 1 aromatic carbocycles. The van der Waals surface area contributed by atoms with E-state index in [1.165, 1.54) is 6.33 Å². The molecule has 2 aliphatic rings. The van der Waals surface area contributed by atoms with Crippen LogP contribution in [0.15, 0.2) is 30.9 Å². The van der Waals surface area contributed by atoms with Crippen molar-refractivity contribution in [3.8, 4) is 11.3 Å². The summed E-state index contributed by atoms with van der Waals surface area (Å²) in [4.78, 5) is 23.5. The monoisotopic (exact) mass is 484 g/mol. The van der Waals surface area contributed by atoms with Gasteiger partial charge in [0.25, 0.3) is 5.91 Å². The highest BCUT2D eigenvalue weighted by Gasteiger charge is 2.37. The Hall–Kier alpha value is -2.59. The highest BCUT2D eigenvalue weighted by Crippen LogP contribution is 2.36. The number of carbonyl (C=O) groups is 1. The summed E-state index contributed by atoms with van der Waals surface area (Å²) in [6, 6.07) is 4.30. The van der Waals surface area contributed by atoms with Gasteiger partial charge in [-0.1, -0.05) is 11.6 Å². The zero-order valence-electron chi connectivity index (χ0n) is 19.2. The van der Waals surface area contributed by atoms with Crippen LogP contribution in [-0.2, 0) is 27.4 Å². The lowest BCUT2D eigenvalue weighted by molar-refractivity contribution is -0.146. The second kappa shape index (κ2) is 10.4. The molecule has 2 aromatic heterocycles. The normalized spacial score (nSPS) is 18.4. The number of methoxy groups -OCH3 is 1. The van der Waals surface area contributed by atoms with Crippen LogP contribution in [0.2, 0.25) is 5.02 Å². The van der Waals surface area contributed by atoms with Gasteiger partial charge in [-0.2, -0.15) is 5.10 Å². The number of hydrogen-bond acceptors (Lipinski definition) is 7. The molecule has 1 amide bonds. The van der Waals surface area contributed by atoms with Crippen LogP contribution in [0.25, 0.3) is 22.2 Å². The van der Waals surface area contributed by atoms with Crippen molar-refractivity contribution in [3.63, 3.8) is 0 Å². The van der Waals surface area contributed by atoms with Crippen LogP contribution in [0.3, 0.4) is 0 Å². The van der Waals surface area contributed by atoms with Gasteiger partial charge in [-0.05, 0) is 37.0 Å². The molecule has 5 rings (SSSR count). The van der Waals surface area contributed by atoms with E-state index in [0.29, 0.717) is 37.9 Å². The van der Waals surface area contributed by atoms with Crippen LogP contribution in [0.5, 0.6) is 0 Å². The van der Waals surface area contributed by atoms with Gasteiger partial charge in [0.15, 0.2) is 0 Å². The van der Waals surface area contributed by atoms with E-state index in [2.05, 4.69) is 21.4 Å². The molecule has 1 aliphatic carbocycles. The van der Waals surface area contributed by atoms with Gasteiger partial charge >= 0.3 is 0 Å². The molecule has 1 saturated heterocycles. The standard InChI is InChI=1S/C24H29ClN6O3/c1-33-7-2-6-31-20-10-16(9-19(25)22(20)23(29-31)17-11-27-15-28-12-17)14-30(18-3-4-18)24(32)21-13-26-5-8-34-21/h9-12,15,18,21,26H,2-8,13-14H2,1H3/t21-/m1/s1. The van der Waals surface area contributed by atoms with Crippen LogP contribution < -0.4 is 5.32 Å². The van der Waals surface area contributed by atoms with Gasteiger partial charge in [0.2, 0.25) is 0 Å². The minimum atomic E-state index is -0.433. The second-order valence-corrected chi connectivity index (χ2v) is 9.19. The number of benzene rings is 1. The van der Waals surface area contributed by atoms with E-state index >= 15 is 0 Å². The first-order chi connectivity index (χ1) is 16.7. The molecule has 10 heteroatoms. The van der Waals surface area contributed by atoms with Gasteiger partial charge in [-0.25, -0.2) is 9.97 Å². The summed E-state index contributed by atoms with van der Waals surface area (Å²) in [7, 11) is 1.69. The second-order valence-electron chi connectivity index (χ2n) is 8.78. The first kappa shape index (κ1) is 23.2. The van der Waals surface area contributed by atoms with Crippen molar-refractivity contribution in [2.24, 2.45) is 0 Å². The van der Waals surface area contributed by atoms with Crippen molar-refractivity contribution in [1.29, 1.82) is 0 Å². The maximum atomic E-state index is 13.2. The van der Waals surface area contributed by atoms with Crippen LogP contribution in [-0.4, -0.2) is 76.1 Å². The van der Waals surface area contributed by atoms with Crippen molar-refractivity contribution in [3.05, 3.63) is 41.4 Å². The lowest BCUT2D eigenvalue weighted by Crippen LogP contribution is -2.49. The molecule has 9 nitrogen and oxygen atoms in total. The molecule has 180 valence electrons. The van der Waals surface area contributed by atoms with Gasteiger partial charge in [-0.3, -0.25) is 9.48 Å². The molecule has 1 aliphatic heterocycles. The maximum Gasteiger partial charge on any atom is 0.253 e. The van der Waals surface area contributed by atoms with E-state index in [4.69, 9.17) is 26.2 Å². The summed E-state index contributed by atoms with van der Waals surface area (Å²) in [5.74, 6) is 0.0432. The number of ether oxygens (including phenoxy) is 2. The number of hydrogen-bond donors (Lipinski definition) is 1. The van der Waals surface area contributed by atoms with Gasteiger partial charge in [-0.15, -0.1) is 0 Å². The van der Waals surface area contributed by atoms with E-state index in [-0.39, 0.29) is 11.9 Å². The molecule has 1 N–H and O–H groups in total. The molecule has 1 saturated carbocycles. The van der Waals surface area contributed by atoms with Gasteiger partial charge in [0.1, 0.15) is 18.1 Å². The smallest absolute Gasteiger partial charge is 0.253 e. The number of carbonyl (C=O) groups excluding carboxylic acids is 1. The number of aryl methyl sites for hydroxylation is 1. The average molecular weight is 485 g/mol. The Kier molecular flexibility index (Phi) is 7.05. The Morgan fingerprint density at radius 2 is 2.15 bits per heavy atom. The summed E-state index contributed by atoms with van der Waals surface area (Å²) >= 11 is 6.84. The van der Waals surface area contributed by atoms with E-state index in [1.807, 2.05) is 15.6 Å². The van der Waals surface area contributed by atoms with Crippen LogP contribution >= 0.6 is 11.6 Å². The van der Waals surface area contributed by atoms with Crippen molar-refractivity contribution in [1.82, 2.24) is 30.0 Å². The van der Waals surface area contributed by atoms with Crippen molar-refractivity contribution < 1.29 is 14.3 Å². The predicted molar refractivity (Wildman–Crippen MR) is 128 cm³/mol. The van der Waals surface area contributed by atoms with Crippen molar-refractivity contribution >= 4 is 28.4 Å². The summed E-state index contributed by atoms with van der Waals surface area (Å²) < 4.78 is 12.9. The maximum absolute atomic E-state index is 13.2. The molecule has 1 atom stereocenters. The number of rotatable bonds is 9. The third-order valence-corrected chi connectivity index (χ3v) is 6.54. The molecular weight excluding hydrogens is 456 g/mol. The molecule has 3 heterocycles. The zero-order valence-corrected chi connectivity index (χ0v) is 20.0. The Morgan fingerprint density at radius 3 is 2.85 bits per heavy atom. The molecule has 0 spiro atoms. The first-order valence-electron chi connectivity index (χ1n) is 11.7. The zero-order chi connectivity index (χ0) is 23.5. The SMILES string of the molecule is COCCCn1nc(-c2cncnc2)c2c(Cl)cc(CN(C(=O)[C@H]3CNCCO3)C3CC3)cc21. The van der Waals surface area contributed by atoms with E-state index in [0.717, 1.165) is 53.5 Å². The van der Waals surface area contributed by atoms with Crippen molar-refractivity contribution in [2.45, 2.75) is 44.5 Å². The van der Waals surface area contributed by atoms with Crippen LogP contribution in [0.4, 0.5) is 0 Å². The molecule has 2 fully saturated rings. The highest BCUT2D eigenvalue weighted by atomic mass is 35.5. The topological polar surface area (TPSA) is 94.4 Å². The predicted octanol–water partition coefficient (Wildman–Crippen LogP) is 2.66. The third-order valence-electron chi connectivity index (χ3n) is 6.24. The number of morpholine rings is 1. The number of aromatic nitrogens is 4. The number of nitrogens with zero attached hydrogens (tertiary/aromatic N) is 5.